The molecule has 0 amide bonds. The molecule has 1 aliphatic rings. The zero-order chi connectivity index (χ0) is 15.3. The zero-order valence-electron chi connectivity index (χ0n) is 14.0. The van der Waals surface area contributed by atoms with E-state index in [0.29, 0.717) is 0 Å². The van der Waals surface area contributed by atoms with Gasteiger partial charge in [0.15, 0.2) is 0 Å². The average Bonchev–Trinajstić information content (AvgIpc) is 2.54. The second-order valence-electron chi connectivity index (χ2n) is 5.84. The van der Waals surface area contributed by atoms with Crippen molar-refractivity contribution in [1.29, 1.82) is 0 Å². The lowest BCUT2D eigenvalue weighted by molar-refractivity contribution is 0.0641. The van der Waals surface area contributed by atoms with Crippen molar-refractivity contribution in [2.45, 2.75) is 52.4 Å². The van der Waals surface area contributed by atoms with E-state index in [9.17, 15) is 0 Å². The molecule has 0 spiro atoms. The number of rotatable bonds is 10. The van der Waals surface area contributed by atoms with Gasteiger partial charge in [0.2, 0.25) is 0 Å². The van der Waals surface area contributed by atoms with Crippen molar-refractivity contribution in [3.8, 4) is 0 Å². The second-order valence-corrected chi connectivity index (χ2v) is 5.84. The molecule has 0 atom stereocenters. The molecule has 1 aliphatic heterocycles. The molecular formula is C19H33NO. The smallest absolute Gasteiger partial charge is 0.0468 e. The Morgan fingerprint density at radius 3 is 2.62 bits per heavy atom. The minimum Gasteiger partial charge on any atom is -0.381 e. The Morgan fingerprint density at radius 2 is 2.00 bits per heavy atom. The first-order valence-corrected chi connectivity index (χ1v) is 8.56. The molecule has 120 valence electrons. The van der Waals surface area contributed by atoms with Gasteiger partial charge >= 0.3 is 0 Å². The quantitative estimate of drug-likeness (QED) is 0.467. The maximum Gasteiger partial charge on any atom is 0.0468 e. The lowest BCUT2D eigenvalue weighted by atomic mass is 9.92. The van der Waals surface area contributed by atoms with Crippen molar-refractivity contribution < 1.29 is 4.74 Å². The molecule has 1 N–H and O–H groups in total. The number of nitrogens with one attached hydrogen (secondary N) is 1. The largest absolute Gasteiger partial charge is 0.381 e. The number of ether oxygens (including phenoxy) is 1. The number of hydrogen-bond acceptors (Lipinski definition) is 2. The summed E-state index contributed by atoms with van der Waals surface area (Å²) in [6.45, 7) is 12.3. The van der Waals surface area contributed by atoms with Crippen molar-refractivity contribution in [3.05, 3.63) is 36.0 Å². The summed E-state index contributed by atoms with van der Waals surface area (Å²) in [4.78, 5) is 0. The topological polar surface area (TPSA) is 21.3 Å². The van der Waals surface area contributed by atoms with E-state index in [-0.39, 0.29) is 0 Å². The highest BCUT2D eigenvalue weighted by atomic mass is 16.5. The van der Waals surface area contributed by atoms with Gasteiger partial charge in [-0.25, -0.2) is 0 Å². The van der Waals surface area contributed by atoms with Gasteiger partial charge in [-0.3, -0.25) is 0 Å². The van der Waals surface area contributed by atoms with Gasteiger partial charge in [-0.1, -0.05) is 37.3 Å². The first-order chi connectivity index (χ1) is 10.3. The van der Waals surface area contributed by atoms with E-state index < -0.39 is 0 Å². The van der Waals surface area contributed by atoms with Crippen LogP contribution in [0.15, 0.2) is 36.0 Å². The number of allylic oxidation sites excluding steroid dienone is 5. The van der Waals surface area contributed by atoms with Crippen molar-refractivity contribution in [1.82, 2.24) is 5.32 Å². The Hall–Kier alpha value is -0.860. The third-order valence-electron chi connectivity index (χ3n) is 4.25. The van der Waals surface area contributed by atoms with Crippen molar-refractivity contribution in [3.63, 3.8) is 0 Å². The van der Waals surface area contributed by atoms with E-state index in [2.05, 4.69) is 37.9 Å². The third-order valence-corrected chi connectivity index (χ3v) is 4.25. The molecule has 0 aromatic rings. The average molecular weight is 291 g/mol. The minimum atomic E-state index is 0.850. The summed E-state index contributed by atoms with van der Waals surface area (Å²) in [5, 5.41) is 3.38. The highest BCUT2D eigenvalue weighted by Gasteiger charge is 2.13. The van der Waals surface area contributed by atoms with E-state index in [4.69, 9.17) is 4.74 Å². The van der Waals surface area contributed by atoms with Crippen LogP contribution in [-0.4, -0.2) is 26.3 Å². The predicted octanol–water partition coefficient (Wildman–Crippen LogP) is 4.64. The fraction of sp³-hybridized carbons (Fsp3) is 0.684. The predicted molar refractivity (Wildman–Crippen MR) is 92.6 cm³/mol. The molecule has 0 bridgehead atoms. The summed E-state index contributed by atoms with van der Waals surface area (Å²) in [7, 11) is 0. The molecule has 1 fully saturated rings. The Bertz CT molecular complexity index is 337. The molecule has 0 unspecified atom stereocenters. The van der Waals surface area contributed by atoms with Gasteiger partial charge in [0.1, 0.15) is 0 Å². The van der Waals surface area contributed by atoms with Crippen LogP contribution in [0.25, 0.3) is 0 Å². The van der Waals surface area contributed by atoms with Crippen LogP contribution in [0.5, 0.6) is 0 Å². The lowest BCUT2D eigenvalue weighted by Crippen LogP contribution is -2.15. The van der Waals surface area contributed by atoms with Gasteiger partial charge in [-0.15, -0.1) is 0 Å². The Morgan fingerprint density at radius 1 is 1.24 bits per heavy atom. The van der Waals surface area contributed by atoms with Gasteiger partial charge in [0.25, 0.3) is 0 Å². The standard InChI is InChI=1S/C19H33NO/c1-4-17(8-7-13-20-6-3)16-18(5-2)9-10-19-11-14-21-15-12-19/h4-5,16,19-20H,1,6-15H2,2-3H3/b17-16+,18-5-. The fourth-order valence-corrected chi connectivity index (χ4v) is 2.77. The molecule has 1 rings (SSSR count). The van der Waals surface area contributed by atoms with Crippen LogP contribution in [0.2, 0.25) is 0 Å². The second kappa shape index (κ2) is 11.8. The van der Waals surface area contributed by atoms with Crippen LogP contribution in [0, 0.1) is 5.92 Å². The van der Waals surface area contributed by atoms with Crippen LogP contribution >= 0.6 is 0 Å². The molecule has 2 heteroatoms. The van der Waals surface area contributed by atoms with Gasteiger partial charge in [-0.05, 0) is 70.0 Å². The van der Waals surface area contributed by atoms with Crippen LogP contribution < -0.4 is 5.32 Å². The summed E-state index contributed by atoms with van der Waals surface area (Å²) in [5.41, 5.74) is 2.83. The van der Waals surface area contributed by atoms with Crippen LogP contribution in [0.3, 0.4) is 0 Å². The summed E-state index contributed by atoms with van der Waals surface area (Å²) in [6.07, 6.45) is 13.9. The molecule has 0 saturated carbocycles. The Labute approximate surface area is 131 Å². The molecule has 0 aromatic heterocycles. The molecular weight excluding hydrogens is 258 g/mol. The first-order valence-electron chi connectivity index (χ1n) is 8.56. The molecule has 2 nitrogen and oxygen atoms in total. The van der Waals surface area contributed by atoms with E-state index in [1.165, 1.54) is 43.3 Å². The van der Waals surface area contributed by atoms with E-state index in [0.717, 1.165) is 38.6 Å². The maximum absolute atomic E-state index is 5.43. The molecule has 0 aromatic carbocycles. The highest BCUT2D eigenvalue weighted by Crippen LogP contribution is 2.23. The van der Waals surface area contributed by atoms with E-state index in [1.54, 1.807) is 0 Å². The maximum atomic E-state index is 5.43. The minimum absolute atomic E-state index is 0.850. The van der Waals surface area contributed by atoms with Crippen molar-refractivity contribution >= 4 is 0 Å². The molecule has 0 radical (unpaired) electrons. The van der Waals surface area contributed by atoms with E-state index >= 15 is 0 Å². The van der Waals surface area contributed by atoms with Crippen LogP contribution in [0.4, 0.5) is 0 Å². The van der Waals surface area contributed by atoms with Crippen molar-refractivity contribution in [2.75, 3.05) is 26.3 Å². The summed E-state index contributed by atoms with van der Waals surface area (Å²) in [6, 6.07) is 0. The number of hydrogen-bond donors (Lipinski definition) is 1. The Kier molecular flexibility index (Phi) is 10.2. The molecule has 0 aliphatic carbocycles. The van der Waals surface area contributed by atoms with Gasteiger partial charge in [0, 0.05) is 13.2 Å². The van der Waals surface area contributed by atoms with Crippen molar-refractivity contribution in [2.24, 2.45) is 5.92 Å². The fourth-order valence-electron chi connectivity index (χ4n) is 2.77. The summed E-state index contributed by atoms with van der Waals surface area (Å²) < 4.78 is 5.43. The normalized spacial score (nSPS) is 18.0. The Balaban J connectivity index is 2.37. The van der Waals surface area contributed by atoms with Crippen LogP contribution in [-0.2, 0) is 4.74 Å². The zero-order valence-corrected chi connectivity index (χ0v) is 14.0. The summed E-state index contributed by atoms with van der Waals surface area (Å²) in [5.74, 6) is 0.850. The van der Waals surface area contributed by atoms with E-state index in [1.807, 2.05) is 6.08 Å². The highest BCUT2D eigenvalue weighted by molar-refractivity contribution is 5.29. The summed E-state index contributed by atoms with van der Waals surface area (Å²) >= 11 is 0. The molecule has 1 saturated heterocycles. The monoisotopic (exact) mass is 291 g/mol. The first kappa shape index (κ1) is 18.2. The van der Waals surface area contributed by atoms with Crippen LogP contribution in [0.1, 0.15) is 52.4 Å². The van der Waals surface area contributed by atoms with Gasteiger partial charge in [0.05, 0.1) is 0 Å². The van der Waals surface area contributed by atoms with Gasteiger partial charge < -0.3 is 10.1 Å². The molecule has 1 heterocycles. The molecule has 21 heavy (non-hydrogen) atoms. The lowest BCUT2D eigenvalue weighted by Gasteiger charge is -2.22. The third kappa shape index (κ3) is 8.23. The van der Waals surface area contributed by atoms with Gasteiger partial charge in [-0.2, -0.15) is 0 Å². The SMILES string of the molecule is C=C/C(=C\C(=C/C)CCC1CCOCC1)CCCNCC.